The molecule has 3 aromatic rings. The lowest BCUT2D eigenvalue weighted by Crippen LogP contribution is -2.33. The molecule has 1 N–H and O–H groups in total. The molecular formula is C14H8BrFN2O2. The molecule has 0 aliphatic rings. The topological polar surface area (TPSA) is 54.9 Å². The van der Waals surface area contributed by atoms with Gasteiger partial charge in [-0.3, -0.25) is 4.79 Å². The van der Waals surface area contributed by atoms with Crippen LogP contribution in [0, 0.1) is 5.82 Å². The molecule has 0 unspecified atom stereocenters. The fraction of sp³-hybridized carbons (Fsp3) is 0. The van der Waals surface area contributed by atoms with Crippen LogP contribution < -0.4 is 11.2 Å². The molecule has 0 aliphatic heterocycles. The fourth-order valence-electron chi connectivity index (χ4n) is 2.04. The zero-order valence-electron chi connectivity index (χ0n) is 10.1. The van der Waals surface area contributed by atoms with E-state index in [4.69, 9.17) is 0 Å². The van der Waals surface area contributed by atoms with Crippen LogP contribution in [0.25, 0.3) is 16.6 Å². The lowest BCUT2D eigenvalue weighted by atomic mass is 10.2. The molecule has 100 valence electrons. The summed E-state index contributed by atoms with van der Waals surface area (Å²) < 4.78 is 14.9. The van der Waals surface area contributed by atoms with E-state index in [1.165, 1.54) is 12.1 Å². The summed E-state index contributed by atoms with van der Waals surface area (Å²) in [7, 11) is 0. The molecule has 20 heavy (non-hydrogen) atoms. The third-order valence-electron chi connectivity index (χ3n) is 2.93. The number of hydrogen-bond acceptors (Lipinski definition) is 2. The number of benzene rings is 2. The Balaban J connectivity index is 2.41. The Morgan fingerprint density at radius 3 is 2.65 bits per heavy atom. The van der Waals surface area contributed by atoms with Crippen LogP contribution >= 0.6 is 15.9 Å². The summed E-state index contributed by atoms with van der Waals surface area (Å²) in [5, 5.41) is 0.256. The van der Waals surface area contributed by atoms with E-state index in [1.54, 1.807) is 24.3 Å². The number of rotatable bonds is 1. The van der Waals surface area contributed by atoms with Gasteiger partial charge in [0.2, 0.25) is 0 Å². The Kier molecular flexibility index (Phi) is 3.02. The summed E-state index contributed by atoms with van der Waals surface area (Å²) in [6.45, 7) is 0. The molecule has 3 rings (SSSR count). The van der Waals surface area contributed by atoms with Crippen LogP contribution in [0.4, 0.5) is 4.39 Å². The molecule has 0 fully saturated rings. The molecule has 2 aromatic carbocycles. The second-order valence-corrected chi connectivity index (χ2v) is 5.16. The average molecular weight is 335 g/mol. The third-order valence-corrected chi connectivity index (χ3v) is 3.42. The van der Waals surface area contributed by atoms with Gasteiger partial charge in [0.05, 0.1) is 16.6 Å². The van der Waals surface area contributed by atoms with Crippen LogP contribution in [-0.2, 0) is 0 Å². The number of nitrogens with one attached hydrogen (secondary N) is 1. The Labute approximate surface area is 120 Å². The van der Waals surface area contributed by atoms with E-state index >= 15 is 0 Å². The van der Waals surface area contributed by atoms with Gasteiger partial charge >= 0.3 is 5.69 Å². The van der Waals surface area contributed by atoms with Gasteiger partial charge in [-0.25, -0.2) is 13.8 Å². The second kappa shape index (κ2) is 4.72. The van der Waals surface area contributed by atoms with Crippen LogP contribution in [0.5, 0.6) is 0 Å². The number of H-pyrrole nitrogens is 1. The van der Waals surface area contributed by atoms with E-state index in [1.807, 2.05) is 0 Å². The standard InChI is InChI=1S/C14H8BrFN2O2/c15-8-2-1-3-10(6-8)18-13(19)11-5-4-9(16)7-12(11)17-14(18)20/h1-7H,(H,17,20). The first-order valence-corrected chi connectivity index (χ1v) is 6.56. The van der Waals surface area contributed by atoms with Crippen LogP contribution in [0.3, 0.4) is 0 Å². The van der Waals surface area contributed by atoms with E-state index in [-0.39, 0.29) is 10.9 Å². The Morgan fingerprint density at radius 2 is 1.90 bits per heavy atom. The van der Waals surface area contributed by atoms with Crippen molar-refractivity contribution in [2.24, 2.45) is 0 Å². The highest BCUT2D eigenvalue weighted by atomic mass is 79.9. The molecule has 0 saturated heterocycles. The summed E-state index contributed by atoms with van der Waals surface area (Å²) >= 11 is 3.29. The first-order chi connectivity index (χ1) is 9.56. The SMILES string of the molecule is O=c1[nH]c2cc(F)ccc2c(=O)n1-c1cccc(Br)c1. The number of halogens is 2. The largest absolute Gasteiger partial charge is 0.333 e. The van der Waals surface area contributed by atoms with Gasteiger partial charge < -0.3 is 4.98 Å². The quantitative estimate of drug-likeness (QED) is 0.743. The first kappa shape index (κ1) is 12.8. The van der Waals surface area contributed by atoms with Crippen molar-refractivity contribution in [1.82, 2.24) is 9.55 Å². The van der Waals surface area contributed by atoms with Crippen molar-refractivity contribution in [3.05, 3.63) is 73.6 Å². The van der Waals surface area contributed by atoms with Crippen molar-refractivity contribution in [3.63, 3.8) is 0 Å². The van der Waals surface area contributed by atoms with Crippen molar-refractivity contribution < 1.29 is 4.39 Å². The summed E-state index contributed by atoms with van der Waals surface area (Å²) in [6.07, 6.45) is 0. The monoisotopic (exact) mass is 334 g/mol. The fourth-order valence-corrected chi connectivity index (χ4v) is 2.43. The van der Waals surface area contributed by atoms with Crippen molar-refractivity contribution >= 4 is 26.8 Å². The molecule has 6 heteroatoms. The summed E-state index contributed by atoms with van der Waals surface area (Å²) in [4.78, 5) is 26.9. The van der Waals surface area contributed by atoms with E-state index in [9.17, 15) is 14.0 Å². The number of aromatic nitrogens is 2. The maximum absolute atomic E-state index is 13.1. The second-order valence-electron chi connectivity index (χ2n) is 4.24. The molecule has 0 atom stereocenters. The number of fused-ring (bicyclic) bond motifs is 1. The zero-order chi connectivity index (χ0) is 14.3. The maximum Gasteiger partial charge on any atom is 0.333 e. The zero-order valence-corrected chi connectivity index (χ0v) is 11.6. The molecular weight excluding hydrogens is 327 g/mol. The predicted molar refractivity (Wildman–Crippen MR) is 77.8 cm³/mol. The lowest BCUT2D eigenvalue weighted by molar-refractivity contribution is 0.629. The van der Waals surface area contributed by atoms with Crippen molar-refractivity contribution in [2.75, 3.05) is 0 Å². The minimum Gasteiger partial charge on any atom is -0.306 e. The highest BCUT2D eigenvalue weighted by Gasteiger charge is 2.10. The van der Waals surface area contributed by atoms with E-state index < -0.39 is 17.1 Å². The molecule has 0 aliphatic carbocycles. The maximum atomic E-state index is 13.1. The van der Waals surface area contributed by atoms with Crippen molar-refractivity contribution in [3.8, 4) is 5.69 Å². The van der Waals surface area contributed by atoms with Gasteiger partial charge in [0.1, 0.15) is 5.82 Å². The summed E-state index contributed by atoms with van der Waals surface area (Å²) in [5.41, 5.74) is -0.462. The van der Waals surface area contributed by atoms with Crippen molar-refractivity contribution in [1.29, 1.82) is 0 Å². The Hall–Kier alpha value is -2.21. The number of nitrogens with zero attached hydrogens (tertiary/aromatic N) is 1. The molecule has 0 bridgehead atoms. The van der Waals surface area contributed by atoms with E-state index in [2.05, 4.69) is 20.9 Å². The normalized spacial score (nSPS) is 10.9. The van der Waals surface area contributed by atoms with Gasteiger partial charge in [-0.1, -0.05) is 22.0 Å². The van der Waals surface area contributed by atoms with Crippen LogP contribution in [0.15, 0.2) is 56.5 Å². The van der Waals surface area contributed by atoms with E-state index in [0.717, 1.165) is 15.1 Å². The molecule has 0 radical (unpaired) electrons. The highest BCUT2D eigenvalue weighted by molar-refractivity contribution is 9.10. The lowest BCUT2D eigenvalue weighted by Gasteiger charge is -2.06. The molecule has 1 heterocycles. The molecule has 0 saturated carbocycles. The van der Waals surface area contributed by atoms with E-state index in [0.29, 0.717) is 5.69 Å². The highest BCUT2D eigenvalue weighted by Crippen LogP contribution is 2.14. The first-order valence-electron chi connectivity index (χ1n) is 5.77. The minimum absolute atomic E-state index is 0.186. The van der Waals surface area contributed by atoms with Gasteiger partial charge in [0, 0.05) is 4.47 Å². The Morgan fingerprint density at radius 1 is 1.10 bits per heavy atom. The van der Waals surface area contributed by atoms with Gasteiger partial charge in [0.25, 0.3) is 5.56 Å². The third kappa shape index (κ3) is 2.08. The van der Waals surface area contributed by atoms with Gasteiger partial charge in [0.15, 0.2) is 0 Å². The summed E-state index contributed by atoms with van der Waals surface area (Å²) in [6, 6.07) is 10.5. The molecule has 4 nitrogen and oxygen atoms in total. The number of hydrogen-bond donors (Lipinski definition) is 1. The Bertz CT molecular complexity index is 930. The molecule has 0 spiro atoms. The van der Waals surface area contributed by atoms with Gasteiger partial charge in [-0.15, -0.1) is 0 Å². The molecule has 0 amide bonds. The minimum atomic E-state index is -0.605. The van der Waals surface area contributed by atoms with Gasteiger partial charge in [-0.2, -0.15) is 0 Å². The summed E-state index contributed by atoms with van der Waals surface area (Å²) in [5.74, 6) is -0.507. The van der Waals surface area contributed by atoms with Crippen LogP contribution in [0.2, 0.25) is 0 Å². The van der Waals surface area contributed by atoms with Gasteiger partial charge in [-0.05, 0) is 36.4 Å². The average Bonchev–Trinajstić information content (AvgIpc) is 2.38. The number of aromatic amines is 1. The van der Waals surface area contributed by atoms with Crippen LogP contribution in [0.1, 0.15) is 0 Å². The van der Waals surface area contributed by atoms with Crippen LogP contribution in [-0.4, -0.2) is 9.55 Å². The predicted octanol–water partition coefficient (Wildman–Crippen LogP) is 2.58. The molecule has 1 aromatic heterocycles. The smallest absolute Gasteiger partial charge is 0.306 e. The van der Waals surface area contributed by atoms with Crippen molar-refractivity contribution in [2.45, 2.75) is 0 Å².